The van der Waals surface area contributed by atoms with Gasteiger partial charge in [0, 0.05) is 13.2 Å². The van der Waals surface area contributed by atoms with Crippen LogP contribution in [0.3, 0.4) is 0 Å². The summed E-state index contributed by atoms with van der Waals surface area (Å²) < 4.78 is 43.2. The van der Waals surface area contributed by atoms with Crippen LogP contribution in [0.15, 0.2) is 24.3 Å². The lowest BCUT2D eigenvalue weighted by Crippen LogP contribution is -2.32. The molecule has 1 aliphatic heterocycles. The lowest BCUT2D eigenvalue weighted by Gasteiger charge is -2.15. The van der Waals surface area contributed by atoms with E-state index in [1.165, 1.54) is 12.1 Å². The molecule has 6 heteroatoms. The predicted molar refractivity (Wildman–Crippen MR) is 76.4 cm³/mol. The maximum Gasteiger partial charge on any atom is 0.416 e. The van der Waals surface area contributed by atoms with E-state index in [1.54, 1.807) is 6.07 Å². The summed E-state index contributed by atoms with van der Waals surface area (Å²) in [7, 11) is 0. The Balaban J connectivity index is 1.84. The number of hydrogen-bond donors (Lipinski definition) is 1. The average molecular weight is 315 g/mol. The van der Waals surface area contributed by atoms with Crippen LogP contribution < -0.4 is 5.32 Å². The predicted octanol–water partition coefficient (Wildman–Crippen LogP) is 3.35. The number of carbonyl (C=O) groups excluding carboxylic acids is 1. The van der Waals surface area contributed by atoms with E-state index < -0.39 is 11.7 Å². The fourth-order valence-electron chi connectivity index (χ4n) is 2.49. The maximum absolute atomic E-state index is 12.7. The highest BCUT2D eigenvalue weighted by atomic mass is 19.4. The third kappa shape index (κ3) is 4.47. The van der Waals surface area contributed by atoms with Gasteiger partial charge in [-0.1, -0.05) is 25.1 Å². The minimum atomic E-state index is -4.33. The van der Waals surface area contributed by atoms with E-state index in [4.69, 9.17) is 4.74 Å². The molecule has 122 valence electrons. The van der Waals surface area contributed by atoms with Crippen molar-refractivity contribution in [3.8, 4) is 0 Å². The van der Waals surface area contributed by atoms with Gasteiger partial charge in [0.05, 0.1) is 18.1 Å². The lowest BCUT2D eigenvalue weighted by molar-refractivity contribution is -0.137. The Hall–Kier alpha value is -1.56. The summed E-state index contributed by atoms with van der Waals surface area (Å²) in [5.41, 5.74) is -0.00253. The first-order valence-corrected chi connectivity index (χ1v) is 7.40. The molecule has 0 unspecified atom stereocenters. The molecular weight excluding hydrogens is 295 g/mol. The van der Waals surface area contributed by atoms with Gasteiger partial charge in [-0.2, -0.15) is 13.2 Å². The zero-order chi connectivity index (χ0) is 16.2. The van der Waals surface area contributed by atoms with Gasteiger partial charge < -0.3 is 10.1 Å². The summed E-state index contributed by atoms with van der Waals surface area (Å²) in [5.74, 6) is -0.181. The third-order valence-corrected chi connectivity index (χ3v) is 3.96. The second kappa shape index (κ2) is 7.13. The second-order valence-corrected chi connectivity index (χ2v) is 5.66. The van der Waals surface area contributed by atoms with Crippen molar-refractivity contribution in [1.29, 1.82) is 0 Å². The van der Waals surface area contributed by atoms with Crippen molar-refractivity contribution in [2.45, 2.75) is 31.9 Å². The van der Waals surface area contributed by atoms with Gasteiger partial charge in [0.2, 0.25) is 5.91 Å². The number of nitrogens with one attached hydrogen (secondary N) is 1. The summed E-state index contributed by atoms with van der Waals surface area (Å²) in [6.07, 6.45) is -3.00. The van der Waals surface area contributed by atoms with Crippen molar-refractivity contribution in [2.75, 3.05) is 19.8 Å². The van der Waals surface area contributed by atoms with Gasteiger partial charge in [-0.15, -0.1) is 0 Å². The van der Waals surface area contributed by atoms with E-state index >= 15 is 0 Å². The summed E-state index contributed by atoms with van der Waals surface area (Å²) in [6, 6.07) is 5.35. The van der Waals surface area contributed by atoms with Gasteiger partial charge in [-0.25, -0.2) is 0 Å². The minimum absolute atomic E-state index is 0.0336. The highest BCUT2D eigenvalue weighted by Crippen LogP contribution is 2.31. The number of ether oxygens (including phenoxy) is 1. The van der Waals surface area contributed by atoms with E-state index in [-0.39, 0.29) is 17.7 Å². The second-order valence-electron chi connectivity index (χ2n) is 5.66. The molecule has 0 bridgehead atoms. The standard InChI is InChI=1S/C16H20F3NO2/c1-11(5-7-20-15(21)13-6-8-22-10-13)12-3-2-4-14(9-12)16(17,18)19/h2-4,9,11,13H,5-8,10H2,1H3,(H,20,21)/t11-,13+/m1/s1. The van der Waals surface area contributed by atoms with Gasteiger partial charge in [0.1, 0.15) is 0 Å². The van der Waals surface area contributed by atoms with Crippen molar-refractivity contribution in [3.05, 3.63) is 35.4 Å². The zero-order valence-corrected chi connectivity index (χ0v) is 12.5. The lowest BCUT2D eigenvalue weighted by atomic mass is 9.96. The van der Waals surface area contributed by atoms with E-state index in [1.807, 2.05) is 6.92 Å². The van der Waals surface area contributed by atoms with Crippen LogP contribution in [0.1, 0.15) is 36.8 Å². The van der Waals surface area contributed by atoms with Gasteiger partial charge in [0.25, 0.3) is 0 Å². The van der Waals surface area contributed by atoms with E-state index in [0.717, 1.165) is 12.5 Å². The van der Waals surface area contributed by atoms with E-state index in [9.17, 15) is 18.0 Å². The van der Waals surface area contributed by atoms with Gasteiger partial charge in [-0.05, 0) is 30.4 Å². The molecule has 1 aromatic carbocycles. The fraction of sp³-hybridized carbons (Fsp3) is 0.562. The van der Waals surface area contributed by atoms with Crippen molar-refractivity contribution >= 4 is 5.91 Å². The molecule has 0 aliphatic carbocycles. The molecule has 22 heavy (non-hydrogen) atoms. The van der Waals surface area contributed by atoms with Crippen LogP contribution in [-0.2, 0) is 15.7 Å². The van der Waals surface area contributed by atoms with Crippen molar-refractivity contribution in [3.63, 3.8) is 0 Å². The Kier molecular flexibility index (Phi) is 5.45. The normalized spacial score (nSPS) is 19.9. The first-order valence-electron chi connectivity index (χ1n) is 7.40. The molecule has 1 amide bonds. The number of alkyl halides is 3. The highest BCUT2D eigenvalue weighted by molar-refractivity contribution is 5.78. The number of amides is 1. The summed E-state index contributed by atoms with van der Waals surface area (Å²) in [6.45, 7) is 3.38. The number of rotatable bonds is 5. The highest BCUT2D eigenvalue weighted by Gasteiger charge is 2.30. The molecule has 1 heterocycles. The van der Waals surface area contributed by atoms with Crippen LogP contribution in [0.2, 0.25) is 0 Å². The molecular formula is C16H20F3NO2. The Morgan fingerprint density at radius 3 is 2.86 bits per heavy atom. The first kappa shape index (κ1) is 16.8. The van der Waals surface area contributed by atoms with E-state index in [2.05, 4.69) is 5.32 Å². The van der Waals surface area contributed by atoms with Crippen LogP contribution in [0.4, 0.5) is 13.2 Å². The molecule has 1 aliphatic rings. The van der Waals surface area contributed by atoms with Gasteiger partial charge in [0.15, 0.2) is 0 Å². The smallest absolute Gasteiger partial charge is 0.381 e. The van der Waals surface area contributed by atoms with Gasteiger partial charge >= 0.3 is 6.18 Å². The van der Waals surface area contributed by atoms with Crippen LogP contribution in [0.5, 0.6) is 0 Å². The summed E-state index contributed by atoms with van der Waals surface area (Å²) in [5, 5.41) is 2.83. The largest absolute Gasteiger partial charge is 0.416 e. The van der Waals surface area contributed by atoms with Crippen molar-refractivity contribution in [1.82, 2.24) is 5.32 Å². The topological polar surface area (TPSA) is 38.3 Å². The molecule has 0 saturated carbocycles. The zero-order valence-electron chi connectivity index (χ0n) is 12.5. The van der Waals surface area contributed by atoms with Gasteiger partial charge in [-0.3, -0.25) is 4.79 Å². The monoisotopic (exact) mass is 315 g/mol. The Bertz CT molecular complexity index is 510. The number of benzene rings is 1. The number of carbonyl (C=O) groups is 1. The molecule has 1 aromatic rings. The molecule has 2 rings (SSSR count). The molecule has 3 nitrogen and oxygen atoms in total. The maximum atomic E-state index is 12.7. The first-order chi connectivity index (χ1) is 10.4. The minimum Gasteiger partial charge on any atom is -0.381 e. The Morgan fingerprint density at radius 1 is 1.45 bits per heavy atom. The molecule has 0 spiro atoms. The third-order valence-electron chi connectivity index (χ3n) is 3.96. The fourth-order valence-corrected chi connectivity index (χ4v) is 2.49. The van der Waals surface area contributed by atoms with Crippen LogP contribution in [0, 0.1) is 5.92 Å². The Labute approximate surface area is 127 Å². The molecule has 0 aromatic heterocycles. The van der Waals surface area contributed by atoms with Crippen LogP contribution in [0.25, 0.3) is 0 Å². The molecule has 1 fully saturated rings. The van der Waals surface area contributed by atoms with Crippen LogP contribution in [-0.4, -0.2) is 25.7 Å². The molecule has 0 radical (unpaired) electrons. The average Bonchev–Trinajstić information content (AvgIpc) is 3.00. The molecule has 2 atom stereocenters. The SMILES string of the molecule is C[C@H](CCNC(=O)[C@H]1CCOC1)c1cccc(C(F)(F)F)c1. The summed E-state index contributed by atoms with van der Waals surface area (Å²) >= 11 is 0. The summed E-state index contributed by atoms with van der Waals surface area (Å²) in [4.78, 5) is 11.8. The molecule has 1 saturated heterocycles. The quantitative estimate of drug-likeness (QED) is 0.905. The Morgan fingerprint density at radius 2 is 2.23 bits per heavy atom. The van der Waals surface area contributed by atoms with E-state index in [0.29, 0.717) is 31.7 Å². The molecule has 1 N–H and O–H groups in total. The van der Waals surface area contributed by atoms with Crippen LogP contribution >= 0.6 is 0 Å². The number of halogens is 3. The van der Waals surface area contributed by atoms with Crippen molar-refractivity contribution < 1.29 is 22.7 Å². The van der Waals surface area contributed by atoms with Crippen molar-refractivity contribution in [2.24, 2.45) is 5.92 Å². The number of hydrogen-bond acceptors (Lipinski definition) is 2.